The highest BCUT2D eigenvalue weighted by atomic mass is 35.5. The van der Waals surface area contributed by atoms with Gasteiger partial charge in [0.2, 0.25) is 0 Å². The highest BCUT2D eigenvalue weighted by Gasteiger charge is 2.26. The molecular formula is C20H17ClN4O2. The summed E-state index contributed by atoms with van der Waals surface area (Å²) >= 11 is 6.22. The van der Waals surface area contributed by atoms with E-state index in [0.717, 1.165) is 11.1 Å². The number of aromatic amines is 1. The molecule has 27 heavy (non-hydrogen) atoms. The van der Waals surface area contributed by atoms with Gasteiger partial charge in [0, 0.05) is 30.1 Å². The van der Waals surface area contributed by atoms with Gasteiger partial charge in [0.25, 0.3) is 11.5 Å². The molecule has 1 amide bonds. The lowest BCUT2D eigenvalue weighted by atomic mass is 10.0. The van der Waals surface area contributed by atoms with E-state index in [9.17, 15) is 9.59 Å². The quantitative estimate of drug-likeness (QED) is 0.741. The summed E-state index contributed by atoms with van der Waals surface area (Å²) in [4.78, 5) is 38.5. The average Bonchev–Trinajstić information content (AvgIpc) is 2.69. The molecule has 136 valence electrons. The van der Waals surface area contributed by atoms with Gasteiger partial charge in [-0.2, -0.15) is 0 Å². The van der Waals surface area contributed by atoms with E-state index < -0.39 is 0 Å². The smallest absolute Gasteiger partial charge is 0.255 e. The number of aromatic nitrogens is 3. The first kappa shape index (κ1) is 17.4. The Labute approximate surface area is 160 Å². The summed E-state index contributed by atoms with van der Waals surface area (Å²) in [6.45, 7) is 2.65. The number of pyridine rings is 1. The SMILES string of the molecule is Cc1ccc(Cl)c(C(=O)N2CCc3c(nc(-c4ccncc4)[nH]c3=O)C2)c1. The average molecular weight is 381 g/mol. The van der Waals surface area contributed by atoms with Crippen LogP contribution in [0, 0.1) is 6.92 Å². The fraction of sp³-hybridized carbons (Fsp3) is 0.200. The number of amides is 1. The predicted molar refractivity (Wildman–Crippen MR) is 103 cm³/mol. The zero-order valence-electron chi connectivity index (χ0n) is 14.7. The van der Waals surface area contributed by atoms with E-state index in [-0.39, 0.29) is 18.0 Å². The number of H-pyrrole nitrogens is 1. The molecule has 0 saturated heterocycles. The molecule has 7 heteroatoms. The summed E-state index contributed by atoms with van der Waals surface area (Å²) in [5.74, 6) is 0.325. The van der Waals surface area contributed by atoms with E-state index >= 15 is 0 Å². The Morgan fingerprint density at radius 3 is 2.78 bits per heavy atom. The molecule has 0 bridgehead atoms. The minimum absolute atomic E-state index is 0.151. The van der Waals surface area contributed by atoms with Crippen LogP contribution in [0.2, 0.25) is 5.02 Å². The van der Waals surface area contributed by atoms with Crippen LogP contribution in [-0.4, -0.2) is 32.3 Å². The summed E-state index contributed by atoms with van der Waals surface area (Å²) in [5, 5.41) is 0.424. The molecule has 0 spiro atoms. The Morgan fingerprint density at radius 1 is 1.22 bits per heavy atom. The number of benzene rings is 1. The molecule has 0 radical (unpaired) electrons. The Hall–Kier alpha value is -2.99. The van der Waals surface area contributed by atoms with E-state index in [0.29, 0.717) is 40.6 Å². The van der Waals surface area contributed by atoms with Crippen LogP contribution in [0.3, 0.4) is 0 Å². The summed E-state index contributed by atoms with van der Waals surface area (Å²) in [7, 11) is 0. The van der Waals surface area contributed by atoms with E-state index in [1.54, 1.807) is 41.6 Å². The van der Waals surface area contributed by atoms with Crippen molar-refractivity contribution in [3.63, 3.8) is 0 Å². The maximum atomic E-state index is 12.9. The van der Waals surface area contributed by atoms with E-state index in [2.05, 4.69) is 15.0 Å². The molecule has 1 aliphatic heterocycles. The standard InChI is InChI=1S/C20H17ClN4O2/c1-12-2-3-16(21)15(10-12)20(27)25-9-6-14-17(11-25)23-18(24-19(14)26)13-4-7-22-8-5-13/h2-5,7-8,10H,6,9,11H2,1H3,(H,23,24,26). The van der Waals surface area contributed by atoms with Crippen LogP contribution in [-0.2, 0) is 13.0 Å². The maximum absolute atomic E-state index is 12.9. The fourth-order valence-electron chi connectivity index (χ4n) is 3.23. The Morgan fingerprint density at radius 2 is 2.00 bits per heavy atom. The Bertz CT molecular complexity index is 1080. The minimum atomic E-state index is -0.160. The first-order chi connectivity index (χ1) is 13.0. The summed E-state index contributed by atoms with van der Waals surface area (Å²) in [6, 6.07) is 8.94. The lowest BCUT2D eigenvalue weighted by Crippen LogP contribution is -2.39. The summed E-state index contributed by atoms with van der Waals surface area (Å²) < 4.78 is 0. The van der Waals surface area contributed by atoms with Crippen LogP contribution >= 0.6 is 11.6 Å². The van der Waals surface area contributed by atoms with Crippen molar-refractivity contribution < 1.29 is 4.79 Å². The van der Waals surface area contributed by atoms with Crippen molar-refractivity contribution in [3.8, 4) is 11.4 Å². The van der Waals surface area contributed by atoms with Gasteiger partial charge in [0.15, 0.2) is 0 Å². The minimum Gasteiger partial charge on any atom is -0.332 e. The van der Waals surface area contributed by atoms with Crippen LogP contribution in [0.25, 0.3) is 11.4 Å². The molecule has 1 N–H and O–H groups in total. The number of nitrogens with one attached hydrogen (secondary N) is 1. The first-order valence-electron chi connectivity index (χ1n) is 8.61. The first-order valence-corrected chi connectivity index (χ1v) is 8.98. The van der Waals surface area contributed by atoms with Gasteiger partial charge < -0.3 is 9.88 Å². The number of carbonyl (C=O) groups excluding carboxylic acids is 1. The number of aryl methyl sites for hydroxylation is 1. The van der Waals surface area contributed by atoms with Gasteiger partial charge in [-0.15, -0.1) is 0 Å². The lowest BCUT2D eigenvalue weighted by molar-refractivity contribution is 0.0731. The molecule has 1 aromatic carbocycles. The van der Waals surface area contributed by atoms with Crippen LogP contribution in [0.5, 0.6) is 0 Å². The molecule has 3 heterocycles. The van der Waals surface area contributed by atoms with Crippen LogP contribution in [0.15, 0.2) is 47.5 Å². The fourth-order valence-corrected chi connectivity index (χ4v) is 3.43. The van der Waals surface area contributed by atoms with E-state index in [1.165, 1.54) is 0 Å². The zero-order chi connectivity index (χ0) is 19.0. The molecule has 4 rings (SSSR count). The Balaban J connectivity index is 1.68. The molecule has 3 aromatic rings. The topological polar surface area (TPSA) is 79.0 Å². The molecule has 0 atom stereocenters. The van der Waals surface area contributed by atoms with Gasteiger partial charge in [-0.3, -0.25) is 14.6 Å². The third kappa shape index (κ3) is 3.36. The largest absolute Gasteiger partial charge is 0.332 e. The second-order valence-corrected chi connectivity index (χ2v) is 6.94. The lowest BCUT2D eigenvalue weighted by Gasteiger charge is -2.28. The van der Waals surface area contributed by atoms with Gasteiger partial charge in [0.05, 0.1) is 22.8 Å². The monoisotopic (exact) mass is 380 g/mol. The molecule has 0 fully saturated rings. The number of halogens is 1. The second-order valence-electron chi connectivity index (χ2n) is 6.54. The number of carbonyl (C=O) groups is 1. The van der Waals surface area contributed by atoms with E-state index in [1.807, 2.05) is 13.0 Å². The zero-order valence-corrected chi connectivity index (χ0v) is 15.5. The van der Waals surface area contributed by atoms with Crippen molar-refractivity contribution in [1.82, 2.24) is 19.9 Å². The summed E-state index contributed by atoms with van der Waals surface area (Å²) in [5.41, 5.74) is 3.30. The second kappa shape index (κ2) is 6.96. The van der Waals surface area contributed by atoms with Gasteiger partial charge >= 0.3 is 0 Å². The number of hydrogen-bond donors (Lipinski definition) is 1. The van der Waals surface area contributed by atoms with Crippen molar-refractivity contribution in [2.24, 2.45) is 0 Å². The van der Waals surface area contributed by atoms with Crippen molar-refractivity contribution in [2.75, 3.05) is 6.54 Å². The molecule has 0 unspecified atom stereocenters. The number of hydrogen-bond acceptors (Lipinski definition) is 4. The Kier molecular flexibility index (Phi) is 4.49. The molecule has 0 saturated carbocycles. The highest BCUT2D eigenvalue weighted by Crippen LogP contribution is 2.23. The molecular weight excluding hydrogens is 364 g/mol. The van der Waals surface area contributed by atoms with Gasteiger partial charge in [-0.25, -0.2) is 4.98 Å². The van der Waals surface area contributed by atoms with E-state index in [4.69, 9.17) is 11.6 Å². The van der Waals surface area contributed by atoms with Gasteiger partial charge in [-0.1, -0.05) is 23.2 Å². The molecule has 6 nitrogen and oxygen atoms in total. The van der Waals surface area contributed by atoms with Crippen molar-refractivity contribution >= 4 is 17.5 Å². The van der Waals surface area contributed by atoms with Crippen LogP contribution < -0.4 is 5.56 Å². The van der Waals surface area contributed by atoms with Crippen molar-refractivity contribution in [2.45, 2.75) is 19.9 Å². The third-order valence-electron chi connectivity index (χ3n) is 4.67. The van der Waals surface area contributed by atoms with Crippen LogP contribution in [0.1, 0.15) is 27.2 Å². The van der Waals surface area contributed by atoms with Gasteiger partial charge in [0.1, 0.15) is 5.82 Å². The molecule has 2 aromatic heterocycles. The van der Waals surface area contributed by atoms with Gasteiger partial charge in [-0.05, 0) is 37.6 Å². The normalized spacial score (nSPS) is 13.3. The highest BCUT2D eigenvalue weighted by molar-refractivity contribution is 6.33. The number of rotatable bonds is 2. The predicted octanol–water partition coefficient (Wildman–Crippen LogP) is 2.99. The van der Waals surface area contributed by atoms with Crippen LogP contribution in [0.4, 0.5) is 0 Å². The molecule has 1 aliphatic rings. The van der Waals surface area contributed by atoms with Crippen molar-refractivity contribution in [1.29, 1.82) is 0 Å². The number of nitrogens with zero attached hydrogens (tertiary/aromatic N) is 3. The maximum Gasteiger partial charge on any atom is 0.255 e. The summed E-state index contributed by atoms with van der Waals surface area (Å²) in [6.07, 6.45) is 3.75. The number of fused-ring (bicyclic) bond motifs is 1. The van der Waals surface area contributed by atoms with Crippen molar-refractivity contribution in [3.05, 3.63) is 80.5 Å². The third-order valence-corrected chi connectivity index (χ3v) is 5.00. The molecule has 0 aliphatic carbocycles.